The number of ether oxygens (including phenoxy) is 8. The van der Waals surface area contributed by atoms with Gasteiger partial charge in [-0.25, -0.2) is 0 Å². The van der Waals surface area contributed by atoms with Crippen LogP contribution in [0.1, 0.15) is 145 Å². The zero-order valence-electron chi connectivity index (χ0n) is 49.4. The van der Waals surface area contributed by atoms with E-state index < -0.39 is 37.5 Å². The van der Waals surface area contributed by atoms with Crippen molar-refractivity contribution in [3.05, 3.63) is 0 Å². The maximum atomic E-state index is 11.5. The highest BCUT2D eigenvalue weighted by molar-refractivity contribution is 5.76. The molecule has 0 heterocycles. The van der Waals surface area contributed by atoms with Gasteiger partial charge in [0, 0.05) is 63.9 Å². The largest absolute Gasteiger partial charge is 0.468 e. The third-order valence-corrected chi connectivity index (χ3v) is 8.33. The van der Waals surface area contributed by atoms with Gasteiger partial charge in [-0.05, 0) is 138 Å². The lowest BCUT2D eigenvalue weighted by Crippen LogP contribution is -2.41. The summed E-state index contributed by atoms with van der Waals surface area (Å²) in [6, 6.07) is 1.99. The van der Waals surface area contributed by atoms with Gasteiger partial charge in [-0.3, -0.25) is 38.6 Å². The molecule has 20 heteroatoms. The summed E-state index contributed by atoms with van der Waals surface area (Å²) in [5.41, 5.74) is 0. The normalized spacial score (nSPS) is 10.3. The number of aliphatic hydroxyl groups excluding tert-OH is 1. The van der Waals surface area contributed by atoms with Crippen LogP contribution < -0.4 is 5.32 Å². The van der Waals surface area contributed by atoms with Crippen LogP contribution >= 0.6 is 0 Å². The van der Waals surface area contributed by atoms with Crippen LogP contribution in [0.4, 0.5) is 0 Å². The minimum Gasteiger partial charge on any atom is -0.468 e. The van der Waals surface area contributed by atoms with Crippen molar-refractivity contribution in [3.8, 4) is 0 Å². The summed E-state index contributed by atoms with van der Waals surface area (Å²) in [6.07, 6.45) is 0.616. The Hall–Kier alpha value is -3.50. The molecule has 0 radical (unpaired) electrons. The van der Waals surface area contributed by atoms with Crippen LogP contribution in [0.15, 0.2) is 0 Å². The van der Waals surface area contributed by atoms with E-state index in [1.165, 1.54) is 46.1 Å². The van der Waals surface area contributed by atoms with Gasteiger partial charge >= 0.3 is 35.8 Å². The third kappa shape index (κ3) is 84.4. The van der Waals surface area contributed by atoms with E-state index in [9.17, 15) is 28.8 Å². The van der Waals surface area contributed by atoms with Crippen LogP contribution in [0.25, 0.3) is 0 Å². The quantitative estimate of drug-likeness (QED) is 0.0718. The summed E-state index contributed by atoms with van der Waals surface area (Å²) in [5, 5.41) is 11.1. The fourth-order valence-corrected chi connectivity index (χ4v) is 3.37. The van der Waals surface area contributed by atoms with Crippen LogP contribution in [0.5, 0.6) is 0 Å². The number of carbonyl (C=O) groups is 6. The first-order valence-electron chi connectivity index (χ1n) is 24.2. The second-order valence-electron chi connectivity index (χ2n) is 17.4. The number of aliphatic hydroxyl groups is 1. The van der Waals surface area contributed by atoms with Crippen LogP contribution in [0.3, 0.4) is 0 Å². The van der Waals surface area contributed by atoms with E-state index in [1.54, 1.807) is 39.7 Å². The number of hydrogen-bond donors (Lipinski definition) is 2. The second kappa shape index (κ2) is 58.1. The summed E-state index contributed by atoms with van der Waals surface area (Å²) in [7, 11) is 10.4. The minimum atomic E-state index is -0.650. The van der Waals surface area contributed by atoms with Crippen LogP contribution in [0, 0.1) is 0 Å². The zero-order chi connectivity index (χ0) is 57.1. The average molecular weight is 1020 g/mol. The van der Waals surface area contributed by atoms with E-state index in [-0.39, 0.29) is 56.3 Å². The number of hydrogen-bond acceptors (Lipinski definition) is 20. The number of methoxy groups -OCH3 is 3. The highest BCUT2D eigenvalue weighted by Crippen LogP contribution is 2.01. The number of nitrogens with one attached hydrogen (secondary N) is 1. The Labute approximate surface area is 427 Å². The molecular formula is C50H109N5O15. The van der Waals surface area contributed by atoms with Gasteiger partial charge in [-0.1, -0.05) is 27.7 Å². The van der Waals surface area contributed by atoms with Crippen molar-refractivity contribution in [2.75, 3.05) is 102 Å². The monoisotopic (exact) mass is 1020 g/mol. The van der Waals surface area contributed by atoms with E-state index in [1.807, 2.05) is 55.5 Å². The molecule has 0 saturated carbocycles. The molecule has 20 nitrogen and oxygen atoms in total. The molecule has 70 heavy (non-hydrogen) atoms. The summed E-state index contributed by atoms with van der Waals surface area (Å²) >= 11 is 0. The summed E-state index contributed by atoms with van der Waals surface area (Å²) in [6.45, 7) is 42.7. The fraction of sp³-hybridized carbons (Fsp3) is 0.880. The van der Waals surface area contributed by atoms with Crippen molar-refractivity contribution in [2.45, 2.75) is 194 Å². The fourth-order valence-electron chi connectivity index (χ4n) is 3.37. The molecule has 0 aromatic heterocycles. The number of carbonyl (C=O) groups excluding carboxylic acids is 6. The van der Waals surface area contributed by atoms with Crippen molar-refractivity contribution in [1.82, 2.24) is 24.9 Å². The SMILES string of the molecule is CC(=O)OCOC(=O)CN(CC(=O)OCOC(C)=O)C(C)C.CC(C)N(C)C.CC(C)O.CCN(CC)C(C)C.CCOC(C)C.CNC(C)C.COC(=O)CN(CC(=O)OC)C(C)C.COC(C)C. The number of esters is 6. The Bertz CT molecular complexity index is 1130. The van der Waals surface area contributed by atoms with Crippen molar-refractivity contribution >= 4 is 35.8 Å². The Balaban J connectivity index is -0.000000114. The van der Waals surface area contributed by atoms with Gasteiger partial charge in [-0.15, -0.1) is 0 Å². The summed E-state index contributed by atoms with van der Waals surface area (Å²) < 4.78 is 37.1. The molecule has 0 aliphatic heterocycles. The molecule has 0 rings (SSSR count). The van der Waals surface area contributed by atoms with E-state index in [0.29, 0.717) is 30.3 Å². The minimum absolute atomic E-state index is 0.0909. The van der Waals surface area contributed by atoms with Gasteiger partial charge < -0.3 is 58.1 Å². The van der Waals surface area contributed by atoms with Gasteiger partial charge in [-0.2, -0.15) is 0 Å². The van der Waals surface area contributed by atoms with Gasteiger partial charge in [0.25, 0.3) is 0 Å². The maximum absolute atomic E-state index is 11.5. The van der Waals surface area contributed by atoms with E-state index in [4.69, 9.17) is 14.6 Å². The van der Waals surface area contributed by atoms with E-state index >= 15 is 0 Å². The van der Waals surface area contributed by atoms with E-state index in [0.717, 1.165) is 6.61 Å². The molecule has 0 aromatic carbocycles. The summed E-state index contributed by atoms with van der Waals surface area (Å²) in [4.78, 5) is 73.9. The van der Waals surface area contributed by atoms with E-state index in [2.05, 4.69) is 113 Å². The Morgan fingerprint density at radius 1 is 0.486 bits per heavy atom. The van der Waals surface area contributed by atoms with Gasteiger partial charge in [0.05, 0.1) is 52.6 Å². The van der Waals surface area contributed by atoms with Crippen molar-refractivity contribution < 1.29 is 71.8 Å². The lowest BCUT2D eigenvalue weighted by Gasteiger charge is -2.24. The number of rotatable bonds is 22. The number of nitrogens with zero attached hydrogens (tertiary/aromatic N) is 4. The molecule has 0 saturated heterocycles. The molecule has 424 valence electrons. The molecule has 0 spiro atoms. The molecule has 0 amide bonds. The van der Waals surface area contributed by atoms with Crippen LogP contribution in [-0.4, -0.2) is 211 Å². The summed E-state index contributed by atoms with van der Waals surface area (Å²) in [5.74, 6) is -3.15. The van der Waals surface area contributed by atoms with Crippen LogP contribution in [-0.2, 0) is 66.7 Å². The predicted octanol–water partition coefficient (Wildman–Crippen LogP) is 6.03. The molecular weight excluding hydrogens is 911 g/mol. The first kappa shape index (κ1) is 83.4. The van der Waals surface area contributed by atoms with Crippen molar-refractivity contribution in [2.24, 2.45) is 0 Å². The molecule has 0 aliphatic carbocycles. The maximum Gasteiger partial charge on any atom is 0.323 e. The highest BCUT2D eigenvalue weighted by Gasteiger charge is 2.20. The Morgan fingerprint density at radius 2 is 0.743 bits per heavy atom. The Morgan fingerprint density at radius 3 is 0.857 bits per heavy atom. The molecule has 0 bridgehead atoms. The first-order chi connectivity index (χ1) is 32.1. The molecule has 0 unspecified atom stereocenters. The smallest absolute Gasteiger partial charge is 0.323 e. The molecule has 0 aromatic rings. The molecule has 0 fully saturated rings. The lowest BCUT2D eigenvalue weighted by molar-refractivity contribution is -0.168. The third-order valence-electron chi connectivity index (χ3n) is 8.33. The van der Waals surface area contributed by atoms with Crippen LogP contribution in [0.2, 0.25) is 0 Å². The van der Waals surface area contributed by atoms with Crippen molar-refractivity contribution in [1.29, 1.82) is 0 Å². The molecule has 0 aliphatic rings. The van der Waals surface area contributed by atoms with Gasteiger partial charge in [0.2, 0.25) is 13.6 Å². The topological polar surface area (TPSA) is 221 Å². The zero-order valence-corrected chi connectivity index (χ0v) is 49.4. The Kier molecular flexibility index (Phi) is 69.2. The standard InChI is InChI=1S/C13H21NO8.C9H17NO4.C7H17N.C5H13N.C5H12O.C4H11N.C4H10O.C3H8O/c1-9(2)14(5-12(17)21-7-19-10(3)15)6-13(18)22-8-20-11(4)16;1-7(2)10(5-8(11)13-3)6-9(12)14-4;1-5-8(6-2)7(3)4;1-5(2)6(3)4;1-4-6-5(2)3;2*1-4(2)5-3;1-3(2)4/h9H,5-8H2,1-4H3;7H,5-6H2,1-4H3;7H,5-6H2,1-4H3;5H,1-4H3;5H,4H2,1-3H3;4-5H,1-3H3;4H,1-3H3;3-4H,1-2H3. The van der Waals surface area contributed by atoms with Gasteiger partial charge in [0.1, 0.15) is 0 Å². The molecule has 0 atom stereocenters. The second-order valence-corrected chi connectivity index (χ2v) is 17.4. The molecule has 2 N–H and O–H groups in total. The van der Waals surface area contributed by atoms with Crippen molar-refractivity contribution in [3.63, 3.8) is 0 Å². The first-order valence-corrected chi connectivity index (χ1v) is 24.2. The average Bonchev–Trinajstić information content (AvgIpc) is 3.24. The predicted molar refractivity (Wildman–Crippen MR) is 280 cm³/mol. The highest BCUT2D eigenvalue weighted by atomic mass is 16.7. The lowest BCUT2D eigenvalue weighted by atomic mass is 10.3. The van der Waals surface area contributed by atoms with Gasteiger partial charge in [0.15, 0.2) is 0 Å².